The van der Waals surface area contributed by atoms with Crippen molar-refractivity contribution in [2.24, 2.45) is 0 Å². The van der Waals surface area contributed by atoms with Gasteiger partial charge in [0.15, 0.2) is 0 Å². The van der Waals surface area contributed by atoms with Crippen LogP contribution in [0.5, 0.6) is 0 Å². The second kappa shape index (κ2) is 8.52. The molecule has 1 amide bonds. The van der Waals surface area contributed by atoms with Crippen LogP contribution in [0.1, 0.15) is 27.6 Å². The molecule has 0 saturated carbocycles. The third-order valence-corrected chi connectivity index (χ3v) is 4.94. The topological polar surface area (TPSA) is 76.2 Å². The number of benzene rings is 1. The van der Waals surface area contributed by atoms with Crippen LogP contribution in [0.15, 0.2) is 41.2 Å². The van der Waals surface area contributed by atoms with Gasteiger partial charge in [-0.2, -0.15) is 0 Å². The average Bonchev–Trinajstić information content (AvgIpc) is 3.29. The molecule has 1 aliphatic heterocycles. The molecule has 9 heteroatoms. The lowest BCUT2D eigenvalue weighted by Crippen LogP contribution is -2.28. The van der Waals surface area contributed by atoms with Crippen LogP contribution in [-0.4, -0.2) is 45.2 Å². The fraction of sp³-hybridized carbons (Fsp3) is 0.350. The van der Waals surface area contributed by atoms with Crippen LogP contribution in [0, 0.1) is 11.6 Å². The summed E-state index contributed by atoms with van der Waals surface area (Å²) < 4.78 is 33.8. The first kappa shape index (κ1) is 19.3. The van der Waals surface area contributed by atoms with Gasteiger partial charge in [0, 0.05) is 51.6 Å². The number of aromatic nitrogens is 3. The Bertz CT molecular complexity index is 967. The average molecular weight is 401 g/mol. The highest BCUT2D eigenvalue weighted by Gasteiger charge is 2.19. The number of halogens is 2. The van der Waals surface area contributed by atoms with E-state index >= 15 is 0 Å². The molecular weight excluding hydrogens is 380 g/mol. The van der Waals surface area contributed by atoms with Crippen molar-refractivity contribution in [3.63, 3.8) is 0 Å². The molecule has 2 aromatic heterocycles. The Hall–Kier alpha value is -3.07. The summed E-state index contributed by atoms with van der Waals surface area (Å²) in [7, 11) is 0. The van der Waals surface area contributed by atoms with E-state index in [9.17, 15) is 13.6 Å². The third-order valence-electron chi connectivity index (χ3n) is 4.94. The number of fused-ring (bicyclic) bond motifs is 1. The van der Waals surface area contributed by atoms with Crippen LogP contribution in [0.2, 0.25) is 0 Å². The van der Waals surface area contributed by atoms with Crippen molar-refractivity contribution in [1.29, 1.82) is 0 Å². The molecule has 4 rings (SSSR count). The number of rotatable bonds is 6. The quantitative estimate of drug-likeness (QED) is 0.685. The summed E-state index contributed by atoms with van der Waals surface area (Å²) in [6.07, 6.45) is 4.12. The van der Waals surface area contributed by atoms with Gasteiger partial charge in [0.05, 0.1) is 11.8 Å². The van der Waals surface area contributed by atoms with Crippen molar-refractivity contribution < 1.29 is 18.0 Å². The van der Waals surface area contributed by atoms with Gasteiger partial charge in [-0.3, -0.25) is 9.69 Å². The molecule has 0 fully saturated rings. The summed E-state index contributed by atoms with van der Waals surface area (Å²) in [6, 6.07) is 5.21. The van der Waals surface area contributed by atoms with Crippen LogP contribution in [0.25, 0.3) is 0 Å². The third kappa shape index (κ3) is 4.68. The van der Waals surface area contributed by atoms with E-state index in [0.717, 1.165) is 30.8 Å². The number of hydrogen-bond donors (Lipinski definition) is 1. The highest BCUT2D eigenvalue weighted by atomic mass is 19.1. The fourth-order valence-corrected chi connectivity index (χ4v) is 3.51. The first-order chi connectivity index (χ1) is 14.1. The van der Waals surface area contributed by atoms with E-state index in [1.54, 1.807) is 6.07 Å². The zero-order valence-corrected chi connectivity index (χ0v) is 15.8. The molecular formula is C20H21F2N5O2. The normalized spacial score (nSPS) is 14.4. The maximum atomic E-state index is 13.4. The minimum absolute atomic E-state index is 0.192. The molecule has 7 nitrogen and oxygen atoms in total. The summed E-state index contributed by atoms with van der Waals surface area (Å²) in [5, 5.41) is 11.4. The highest BCUT2D eigenvalue weighted by molar-refractivity contribution is 5.93. The molecule has 1 aliphatic rings. The van der Waals surface area contributed by atoms with Crippen LogP contribution < -0.4 is 5.32 Å². The van der Waals surface area contributed by atoms with E-state index in [1.165, 1.54) is 24.7 Å². The number of amides is 1. The maximum Gasteiger partial charge on any atom is 0.254 e. The molecule has 3 aromatic rings. The number of nitrogens with zero attached hydrogens (tertiary/aromatic N) is 4. The van der Waals surface area contributed by atoms with Crippen LogP contribution in [-0.2, 0) is 25.9 Å². The van der Waals surface area contributed by atoms with E-state index in [-0.39, 0.29) is 5.91 Å². The van der Waals surface area contributed by atoms with Gasteiger partial charge < -0.3 is 14.3 Å². The number of furan rings is 1. The van der Waals surface area contributed by atoms with Crippen LogP contribution in [0.4, 0.5) is 8.78 Å². The standard InChI is InChI=1S/C20H21F2N5O2/c21-16-9-14(10-17(22)11-16)12-26-5-2-19-25-24-18(27(19)7-6-26)1-4-23-20(28)15-3-8-29-13-15/h3,8-11,13H,1-2,4-7,12H2,(H,23,28). The molecule has 0 bridgehead atoms. The van der Waals surface area contributed by atoms with Gasteiger partial charge in [0.1, 0.15) is 29.5 Å². The molecule has 0 radical (unpaired) electrons. The molecule has 0 atom stereocenters. The Morgan fingerprint density at radius 3 is 2.72 bits per heavy atom. The Balaban J connectivity index is 1.33. The van der Waals surface area contributed by atoms with Crippen LogP contribution in [0.3, 0.4) is 0 Å². The maximum absolute atomic E-state index is 13.4. The van der Waals surface area contributed by atoms with Gasteiger partial charge in [-0.1, -0.05) is 0 Å². The molecule has 0 spiro atoms. The molecule has 29 heavy (non-hydrogen) atoms. The van der Waals surface area contributed by atoms with Gasteiger partial charge in [-0.25, -0.2) is 8.78 Å². The summed E-state index contributed by atoms with van der Waals surface area (Å²) >= 11 is 0. The van der Waals surface area contributed by atoms with Crippen molar-refractivity contribution in [1.82, 2.24) is 25.0 Å². The number of carbonyl (C=O) groups excluding carboxylic acids is 1. The monoisotopic (exact) mass is 401 g/mol. The zero-order valence-electron chi connectivity index (χ0n) is 15.8. The molecule has 1 N–H and O–H groups in total. The summed E-state index contributed by atoms with van der Waals surface area (Å²) in [4.78, 5) is 14.1. The van der Waals surface area contributed by atoms with Gasteiger partial charge in [-0.15, -0.1) is 10.2 Å². The number of hydrogen-bond acceptors (Lipinski definition) is 5. The summed E-state index contributed by atoms with van der Waals surface area (Å²) in [5.74, 6) is 0.376. The minimum Gasteiger partial charge on any atom is -0.472 e. The Kier molecular flexibility index (Phi) is 5.66. The van der Waals surface area contributed by atoms with Gasteiger partial charge in [-0.05, 0) is 23.8 Å². The minimum atomic E-state index is -0.563. The Morgan fingerprint density at radius 2 is 1.97 bits per heavy atom. The Labute approximate surface area is 166 Å². The highest BCUT2D eigenvalue weighted by Crippen LogP contribution is 2.15. The Morgan fingerprint density at radius 1 is 1.14 bits per heavy atom. The number of carbonyl (C=O) groups is 1. The van der Waals surface area contributed by atoms with Crippen LogP contribution >= 0.6 is 0 Å². The van der Waals surface area contributed by atoms with Gasteiger partial charge >= 0.3 is 0 Å². The second-order valence-electron chi connectivity index (χ2n) is 7.01. The van der Waals surface area contributed by atoms with Crippen molar-refractivity contribution in [3.05, 3.63) is 71.2 Å². The van der Waals surface area contributed by atoms with E-state index < -0.39 is 11.6 Å². The lowest BCUT2D eigenvalue weighted by atomic mass is 10.2. The van der Waals surface area contributed by atoms with Crippen molar-refractivity contribution >= 4 is 5.91 Å². The summed E-state index contributed by atoms with van der Waals surface area (Å²) in [6.45, 7) is 3.05. The number of nitrogens with one attached hydrogen (secondary N) is 1. The SMILES string of the molecule is O=C(NCCc1nnc2n1CCN(Cc1cc(F)cc(F)c1)CC2)c1ccoc1. The molecule has 3 heterocycles. The zero-order chi connectivity index (χ0) is 20.2. The van der Waals surface area contributed by atoms with E-state index in [4.69, 9.17) is 4.42 Å². The predicted molar refractivity (Wildman–Crippen MR) is 100 cm³/mol. The molecule has 1 aromatic carbocycles. The second-order valence-corrected chi connectivity index (χ2v) is 7.01. The lowest BCUT2D eigenvalue weighted by Gasteiger charge is -2.19. The molecule has 0 unspecified atom stereocenters. The van der Waals surface area contributed by atoms with Gasteiger partial charge in [0.2, 0.25) is 0 Å². The van der Waals surface area contributed by atoms with E-state index in [0.29, 0.717) is 43.6 Å². The predicted octanol–water partition coefficient (Wildman–Crippen LogP) is 2.18. The van der Waals surface area contributed by atoms with E-state index in [2.05, 4.69) is 25.0 Å². The summed E-state index contributed by atoms with van der Waals surface area (Å²) in [5.41, 5.74) is 1.09. The first-order valence-corrected chi connectivity index (χ1v) is 9.47. The smallest absolute Gasteiger partial charge is 0.254 e. The lowest BCUT2D eigenvalue weighted by molar-refractivity contribution is 0.0953. The largest absolute Gasteiger partial charge is 0.472 e. The molecule has 0 saturated heterocycles. The van der Waals surface area contributed by atoms with Gasteiger partial charge in [0.25, 0.3) is 5.91 Å². The van der Waals surface area contributed by atoms with Crippen molar-refractivity contribution in [3.8, 4) is 0 Å². The van der Waals surface area contributed by atoms with E-state index in [1.807, 2.05) is 0 Å². The molecule has 152 valence electrons. The van der Waals surface area contributed by atoms with Crippen molar-refractivity contribution in [2.75, 3.05) is 19.6 Å². The molecule has 0 aliphatic carbocycles. The van der Waals surface area contributed by atoms with Crippen molar-refractivity contribution in [2.45, 2.75) is 25.9 Å². The first-order valence-electron chi connectivity index (χ1n) is 9.47. The fourth-order valence-electron chi connectivity index (χ4n) is 3.51.